The molecule has 1 aromatic rings. The SMILES string of the molecule is COC(OC)C(C)NCc1ccc(F)cc1C. The zero-order valence-electron chi connectivity index (χ0n) is 10.8. The van der Waals surface area contributed by atoms with Crippen LogP contribution in [0.5, 0.6) is 0 Å². The zero-order chi connectivity index (χ0) is 12.8. The summed E-state index contributed by atoms with van der Waals surface area (Å²) in [5.41, 5.74) is 2.01. The van der Waals surface area contributed by atoms with Crippen molar-refractivity contribution in [3.05, 3.63) is 35.1 Å². The van der Waals surface area contributed by atoms with E-state index in [1.807, 2.05) is 13.8 Å². The van der Waals surface area contributed by atoms with Crippen LogP contribution in [0.2, 0.25) is 0 Å². The van der Waals surface area contributed by atoms with E-state index in [0.29, 0.717) is 6.54 Å². The minimum absolute atomic E-state index is 0.0643. The summed E-state index contributed by atoms with van der Waals surface area (Å²) in [5.74, 6) is -0.203. The van der Waals surface area contributed by atoms with Gasteiger partial charge in [0, 0.05) is 20.8 Å². The average molecular weight is 241 g/mol. The van der Waals surface area contributed by atoms with Crippen molar-refractivity contribution in [1.82, 2.24) is 5.32 Å². The smallest absolute Gasteiger partial charge is 0.171 e. The number of aryl methyl sites for hydroxylation is 1. The quantitative estimate of drug-likeness (QED) is 0.775. The number of halogens is 1. The summed E-state index contributed by atoms with van der Waals surface area (Å²) in [6, 6.07) is 4.86. The first-order valence-corrected chi connectivity index (χ1v) is 5.62. The lowest BCUT2D eigenvalue weighted by molar-refractivity contribution is -0.119. The number of methoxy groups -OCH3 is 2. The standard InChI is InChI=1S/C13H20FNO2/c1-9-7-12(14)6-5-11(9)8-15-10(2)13(16-3)17-4/h5-7,10,13,15H,8H2,1-4H3. The van der Waals surface area contributed by atoms with Gasteiger partial charge in [-0.3, -0.25) is 0 Å². The molecule has 17 heavy (non-hydrogen) atoms. The molecule has 0 amide bonds. The van der Waals surface area contributed by atoms with Gasteiger partial charge in [0.2, 0.25) is 0 Å². The van der Waals surface area contributed by atoms with Gasteiger partial charge in [0.05, 0.1) is 6.04 Å². The van der Waals surface area contributed by atoms with Gasteiger partial charge in [-0.15, -0.1) is 0 Å². The highest BCUT2D eigenvalue weighted by atomic mass is 19.1. The van der Waals surface area contributed by atoms with Gasteiger partial charge in [0.25, 0.3) is 0 Å². The highest BCUT2D eigenvalue weighted by molar-refractivity contribution is 5.26. The highest BCUT2D eigenvalue weighted by Gasteiger charge is 2.15. The Bertz CT molecular complexity index is 353. The van der Waals surface area contributed by atoms with Crippen molar-refractivity contribution in [1.29, 1.82) is 0 Å². The molecule has 0 radical (unpaired) electrons. The van der Waals surface area contributed by atoms with Gasteiger partial charge >= 0.3 is 0 Å². The van der Waals surface area contributed by atoms with Crippen molar-refractivity contribution in [2.24, 2.45) is 0 Å². The molecular weight excluding hydrogens is 221 g/mol. The molecule has 1 rings (SSSR count). The zero-order valence-corrected chi connectivity index (χ0v) is 10.8. The van der Waals surface area contributed by atoms with Crippen LogP contribution in [-0.2, 0) is 16.0 Å². The molecule has 0 spiro atoms. The van der Waals surface area contributed by atoms with Crippen molar-refractivity contribution in [2.45, 2.75) is 32.7 Å². The lowest BCUT2D eigenvalue weighted by atomic mass is 10.1. The number of ether oxygens (including phenoxy) is 2. The topological polar surface area (TPSA) is 30.5 Å². The van der Waals surface area contributed by atoms with Gasteiger partial charge in [-0.1, -0.05) is 6.07 Å². The first-order chi connectivity index (χ1) is 8.08. The second kappa shape index (κ2) is 6.69. The first-order valence-electron chi connectivity index (χ1n) is 5.62. The molecule has 1 unspecified atom stereocenters. The number of hydrogen-bond donors (Lipinski definition) is 1. The molecule has 96 valence electrons. The van der Waals surface area contributed by atoms with Gasteiger partial charge in [-0.25, -0.2) is 4.39 Å². The average Bonchev–Trinajstić information content (AvgIpc) is 2.29. The third-order valence-corrected chi connectivity index (χ3v) is 2.79. The van der Waals surface area contributed by atoms with Gasteiger partial charge in [0.15, 0.2) is 6.29 Å². The van der Waals surface area contributed by atoms with Gasteiger partial charge in [-0.2, -0.15) is 0 Å². The fourth-order valence-corrected chi connectivity index (χ4v) is 1.73. The van der Waals surface area contributed by atoms with E-state index < -0.39 is 0 Å². The molecule has 0 heterocycles. The molecule has 4 heteroatoms. The van der Waals surface area contributed by atoms with Crippen LogP contribution in [0, 0.1) is 12.7 Å². The van der Waals surface area contributed by atoms with Gasteiger partial charge in [0.1, 0.15) is 5.82 Å². The largest absolute Gasteiger partial charge is 0.354 e. The fraction of sp³-hybridized carbons (Fsp3) is 0.538. The molecule has 0 fully saturated rings. The van der Waals surface area contributed by atoms with Crippen molar-refractivity contribution < 1.29 is 13.9 Å². The van der Waals surface area contributed by atoms with E-state index in [4.69, 9.17) is 9.47 Å². The van der Waals surface area contributed by atoms with Crippen molar-refractivity contribution in [2.75, 3.05) is 14.2 Å². The van der Waals surface area contributed by atoms with Crippen molar-refractivity contribution >= 4 is 0 Å². The number of hydrogen-bond acceptors (Lipinski definition) is 3. The third kappa shape index (κ3) is 4.07. The van der Waals surface area contributed by atoms with Crippen LogP contribution in [0.15, 0.2) is 18.2 Å². The summed E-state index contributed by atoms with van der Waals surface area (Å²) in [6.07, 6.45) is -0.282. The second-order valence-corrected chi connectivity index (χ2v) is 4.08. The highest BCUT2D eigenvalue weighted by Crippen LogP contribution is 2.10. The maximum atomic E-state index is 12.9. The molecule has 0 aromatic heterocycles. The van der Waals surface area contributed by atoms with E-state index in [9.17, 15) is 4.39 Å². The molecule has 0 aliphatic carbocycles. The second-order valence-electron chi connectivity index (χ2n) is 4.08. The summed E-state index contributed by atoms with van der Waals surface area (Å²) in [6.45, 7) is 4.54. The molecule has 0 saturated heterocycles. The summed E-state index contributed by atoms with van der Waals surface area (Å²) >= 11 is 0. The third-order valence-electron chi connectivity index (χ3n) is 2.79. The minimum Gasteiger partial charge on any atom is -0.354 e. The first kappa shape index (κ1) is 14.1. The maximum Gasteiger partial charge on any atom is 0.171 e. The molecule has 0 aliphatic rings. The Morgan fingerprint density at radius 1 is 1.29 bits per heavy atom. The van der Waals surface area contributed by atoms with E-state index in [0.717, 1.165) is 11.1 Å². The summed E-state index contributed by atoms with van der Waals surface area (Å²) in [7, 11) is 3.21. The normalized spacial score (nSPS) is 13.1. The van der Waals surface area contributed by atoms with E-state index in [2.05, 4.69) is 5.32 Å². The summed E-state index contributed by atoms with van der Waals surface area (Å²) in [4.78, 5) is 0. The summed E-state index contributed by atoms with van der Waals surface area (Å²) < 4.78 is 23.2. The Hall–Kier alpha value is -0.970. The number of benzene rings is 1. The lowest BCUT2D eigenvalue weighted by Gasteiger charge is -2.22. The predicted octanol–water partition coefficient (Wildman–Crippen LogP) is 2.23. The maximum absolute atomic E-state index is 12.9. The predicted molar refractivity (Wildman–Crippen MR) is 65.2 cm³/mol. The Labute approximate surface area is 102 Å². The summed E-state index contributed by atoms with van der Waals surface area (Å²) in [5, 5.41) is 3.29. The van der Waals surface area contributed by atoms with Crippen LogP contribution in [0.4, 0.5) is 4.39 Å². The monoisotopic (exact) mass is 241 g/mol. The number of rotatable bonds is 6. The van der Waals surface area contributed by atoms with Crippen molar-refractivity contribution in [3.8, 4) is 0 Å². The van der Waals surface area contributed by atoms with Gasteiger partial charge in [-0.05, 0) is 37.1 Å². The lowest BCUT2D eigenvalue weighted by Crippen LogP contribution is -2.39. The van der Waals surface area contributed by atoms with Crippen LogP contribution in [-0.4, -0.2) is 26.6 Å². The molecular formula is C13H20FNO2. The molecule has 0 saturated carbocycles. The van der Waals surface area contributed by atoms with Crippen molar-refractivity contribution in [3.63, 3.8) is 0 Å². The Morgan fingerprint density at radius 3 is 2.47 bits per heavy atom. The van der Waals surface area contributed by atoms with Crippen LogP contribution in [0.1, 0.15) is 18.1 Å². The number of nitrogens with one attached hydrogen (secondary N) is 1. The molecule has 1 N–H and O–H groups in total. The van der Waals surface area contributed by atoms with Crippen LogP contribution < -0.4 is 5.32 Å². The fourth-order valence-electron chi connectivity index (χ4n) is 1.73. The van der Waals surface area contributed by atoms with E-state index in [1.165, 1.54) is 12.1 Å². The van der Waals surface area contributed by atoms with E-state index in [1.54, 1.807) is 20.3 Å². The molecule has 3 nitrogen and oxygen atoms in total. The molecule has 1 aromatic carbocycles. The van der Waals surface area contributed by atoms with E-state index in [-0.39, 0.29) is 18.1 Å². The van der Waals surface area contributed by atoms with Crippen LogP contribution in [0.3, 0.4) is 0 Å². The molecule has 0 bridgehead atoms. The van der Waals surface area contributed by atoms with Gasteiger partial charge < -0.3 is 14.8 Å². The Morgan fingerprint density at radius 2 is 1.94 bits per heavy atom. The van der Waals surface area contributed by atoms with Crippen LogP contribution >= 0.6 is 0 Å². The Balaban J connectivity index is 2.55. The molecule has 1 atom stereocenters. The van der Waals surface area contributed by atoms with Crippen LogP contribution in [0.25, 0.3) is 0 Å². The molecule has 0 aliphatic heterocycles. The van der Waals surface area contributed by atoms with E-state index >= 15 is 0 Å². The minimum atomic E-state index is -0.282. The Kier molecular flexibility index (Phi) is 5.55.